The van der Waals surface area contributed by atoms with Gasteiger partial charge >= 0.3 is 0 Å². The molecule has 0 atom stereocenters. The van der Waals surface area contributed by atoms with Gasteiger partial charge in [-0.15, -0.1) is 11.3 Å². The highest BCUT2D eigenvalue weighted by atomic mass is 32.2. The minimum absolute atomic E-state index is 0.00294. The van der Waals surface area contributed by atoms with E-state index in [1.165, 1.54) is 15.6 Å². The van der Waals surface area contributed by atoms with Gasteiger partial charge in [0.05, 0.1) is 0 Å². The summed E-state index contributed by atoms with van der Waals surface area (Å²) in [4.78, 5) is 11.5. The fourth-order valence-corrected chi connectivity index (χ4v) is 4.71. The van der Waals surface area contributed by atoms with Gasteiger partial charge in [-0.3, -0.25) is 4.79 Å². The van der Waals surface area contributed by atoms with Crippen LogP contribution in [0.4, 0.5) is 0 Å². The molecule has 1 aromatic rings. The Labute approximate surface area is 111 Å². The molecule has 7 heteroatoms. The van der Waals surface area contributed by atoms with Crippen LogP contribution in [0.2, 0.25) is 0 Å². The van der Waals surface area contributed by atoms with Crippen molar-refractivity contribution >= 4 is 27.3 Å². The fourth-order valence-electron chi connectivity index (χ4n) is 2.10. The summed E-state index contributed by atoms with van der Waals surface area (Å²) in [5.41, 5.74) is 0. The zero-order valence-corrected chi connectivity index (χ0v) is 11.8. The van der Waals surface area contributed by atoms with Crippen LogP contribution < -0.4 is 5.32 Å². The van der Waals surface area contributed by atoms with E-state index in [4.69, 9.17) is 0 Å². The van der Waals surface area contributed by atoms with Gasteiger partial charge in [0.25, 0.3) is 10.0 Å². The number of piperidine rings is 1. The molecule has 1 aromatic heterocycles. The molecule has 18 heavy (non-hydrogen) atoms. The lowest BCUT2D eigenvalue weighted by atomic mass is 9.97. The Balaban J connectivity index is 2.04. The molecule has 100 valence electrons. The topological polar surface area (TPSA) is 66.5 Å². The van der Waals surface area contributed by atoms with Crippen molar-refractivity contribution in [2.75, 3.05) is 20.1 Å². The van der Waals surface area contributed by atoms with Crippen molar-refractivity contribution in [2.45, 2.75) is 17.1 Å². The summed E-state index contributed by atoms with van der Waals surface area (Å²) in [5.74, 6) is -0.0621. The van der Waals surface area contributed by atoms with Crippen LogP contribution in [0.3, 0.4) is 0 Å². The summed E-state index contributed by atoms with van der Waals surface area (Å²) in [5, 5.41) is 4.37. The summed E-state index contributed by atoms with van der Waals surface area (Å²) in [6.07, 6.45) is 1.18. The Kier molecular flexibility index (Phi) is 4.04. The van der Waals surface area contributed by atoms with Gasteiger partial charge in [0.15, 0.2) is 0 Å². The maximum Gasteiger partial charge on any atom is 0.252 e. The molecule has 0 spiro atoms. The van der Waals surface area contributed by atoms with E-state index >= 15 is 0 Å². The van der Waals surface area contributed by atoms with Gasteiger partial charge in [-0.25, -0.2) is 8.42 Å². The molecule has 1 fully saturated rings. The first-order valence-electron chi connectivity index (χ1n) is 5.81. The third kappa shape index (κ3) is 2.57. The number of amides is 1. The monoisotopic (exact) mass is 288 g/mol. The minimum atomic E-state index is -3.35. The van der Waals surface area contributed by atoms with Crippen LogP contribution >= 0.6 is 11.3 Å². The molecule has 2 rings (SSSR count). The molecule has 0 unspecified atom stereocenters. The standard InChI is InChI=1S/C11H16N2O3S2/c1-12-11(14)9-4-6-13(7-5-9)18(15,16)10-3-2-8-17-10/h2-3,8-9H,4-7H2,1H3,(H,12,14). The van der Waals surface area contributed by atoms with E-state index in [1.807, 2.05) is 0 Å². The van der Waals surface area contributed by atoms with Crippen molar-refractivity contribution < 1.29 is 13.2 Å². The summed E-state index contributed by atoms with van der Waals surface area (Å²) in [7, 11) is -1.75. The molecule has 0 aliphatic carbocycles. The number of thiophene rings is 1. The van der Waals surface area contributed by atoms with Crippen molar-refractivity contribution in [1.29, 1.82) is 0 Å². The lowest BCUT2D eigenvalue weighted by Gasteiger charge is -2.29. The number of nitrogens with one attached hydrogen (secondary N) is 1. The van der Waals surface area contributed by atoms with Crippen molar-refractivity contribution in [2.24, 2.45) is 5.92 Å². The quantitative estimate of drug-likeness (QED) is 0.898. The van der Waals surface area contributed by atoms with Crippen molar-refractivity contribution in [3.8, 4) is 0 Å². The van der Waals surface area contributed by atoms with Crippen LogP contribution in [0.15, 0.2) is 21.7 Å². The van der Waals surface area contributed by atoms with Crippen molar-refractivity contribution in [1.82, 2.24) is 9.62 Å². The Morgan fingerprint density at radius 2 is 2.11 bits per heavy atom. The van der Waals surface area contributed by atoms with Crippen LogP contribution in [-0.4, -0.2) is 38.8 Å². The third-order valence-corrected chi connectivity index (χ3v) is 6.43. The highest BCUT2D eigenvalue weighted by molar-refractivity contribution is 7.91. The Morgan fingerprint density at radius 3 is 2.61 bits per heavy atom. The predicted octanol–water partition coefficient (Wildman–Crippen LogP) is 0.895. The van der Waals surface area contributed by atoms with Gasteiger partial charge < -0.3 is 5.32 Å². The highest BCUT2D eigenvalue weighted by Gasteiger charge is 2.32. The van der Waals surface area contributed by atoms with Gasteiger partial charge in [-0.05, 0) is 24.3 Å². The average molecular weight is 288 g/mol. The first kappa shape index (κ1) is 13.5. The molecule has 1 aliphatic rings. The van der Waals surface area contributed by atoms with E-state index in [2.05, 4.69) is 5.32 Å². The molecule has 0 bridgehead atoms. The van der Waals surface area contributed by atoms with E-state index in [-0.39, 0.29) is 11.8 Å². The number of carbonyl (C=O) groups excluding carboxylic acids is 1. The first-order valence-corrected chi connectivity index (χ1v) is 8.13. The number of carbonyl (C=O) groups is 1. The molecule has 5 nitrogen and oxygen atoms in total. The van der Waals surface area contributed by atoms with Gasteiger partial charge in [-0.1, -0.05) is 6.07 Å². The summed E-state index contributed by atoms with van der Waals surface area (Å²) in [6.45, 7) is 0.830. The van der Waals surface area contributed by atoms with E-state index in [9.17, 15) is 13.2 Å². The zero-order chi connectivity index (χ0) is 13.2. The molecule has 1 saturated heterocycles. The Hall–Kier alpha value is -0.920. The Morgan fingerprint density at radius 1 is 1.44 bits per heavy atom. The summed E-state index contributed by atoms with van der Waals surface area (Å²) < 4.78 is 26.3. The van der Waals surface area contributed by atoms with Crippen LogP contribution in [0, 0.1) is 5.92 Å². The van der Waals surface area contributed by atoms with Crippen LogP contribution in [-0.2, 0) is 14.8 Å². The molecule has 1 aliphatic heterocycles. The van der Waals surface area contributed by atoms with E-state index in [1.54, 1.807) is 24.6 Å². The molecule has 1 amide bonds. The smallest absolute Gasteiger partial charge is 0.252 e. The van der Waals surface area contributed by atoms with Crippen LogP contribution in [0.1, 0.15) is 12.8 Å². The molecule has 0 aromatic carbocycles. The second kappa shape index (κ2) is 5.38. The van der Waals surface area contributed by atoms with E-state index in [0.29, 0.717) is 30.1 Å². The molecule has 2 heterocycles. The highest BCUT2D eigenvalue weighted by Crippen LogP contribution is 2.26. The maximum atomic E-state index is 12.2. The fraction of sp³-hybridized carbons (Fsp3) is 0.545. The molecule has 0 radical (unpaired) electrons. The number of hydrogen-bond donors (Lipinski definition) is 1. The van der Waals surface area contributed by atoms with E-state index in [0.717, 1.165) is 0 Å². The van der Waals surface area contributed by atoms with Crippen LogP contribution in [0.25, 0.3) is 0 Å². The van der Waals surface area contributed by atoms with E-state index < -0.39 is 10.0 Å². The van der Waals surface area contributed by atoms with Gasteiger partial charge in [0, 0.05) is 26.1 Å². The second-order valence-corrected chi connectivity index (χ2v) is 7.34. The van der Waals surface area contributed by atoms with Crippen molar-refractivity contribution in [3.63, 3.8) is 0 Å². The summed E-state index contributed by atoms with van der Waals surface area (Å²) >= 11 is 1.23. The van der Waals surface area contributed by atoms with Crippen LogP contribution in [0.5, 0.6) is 0 Å². The Bertz CT molecular complexity index is 502. The maximum absolute atomic E-state index is 12.2. The van der Waals surface area contributed by atoms with Crippen molar-refractivity contribution in [3.05, 3.63) is 17.5 Å². The number of rotatable bonds is 3. The normalized spacial score (nSPS) is 18.7. The SMILES string of the molecule is CNC(=O)C1CCN(S(=O)(=O)c2cccs2)CC1. The number of hydrogen-bond acceptors (Lipinski definition) is 4. The largest absolute Gasteiger partial charge is 0.359 e. The minimum Gasteiger partial charge on any atom is -0.359 e. The third-order valence-electron chi connectivity index (χ3n) is 3.16. The molecular weight excluding hydrogens is 272 g/mol. The average Bonchev–Trinajstić information content (AvgIpc) is 2.92. The lowest BCUT2D eigenvalue weighted by Crippen LogP contribution is -2.42. The first-order chi connectivity index (χ1) is 8.55. The predicted molar refractivity (Wildman–Crippen MR) is 69.9 cm³/mol. The number of nitrogens with zero attached hydrogens (tertiary/aromatic N) is 1. The van der Waals surface area contributed by atoms with Gasteiger partial charge in [0.1, 0.15) is 4.21 Å². The zero-order valence-electron chi connectivity index (χ0n) is 10.1. The lowest BCUT2D eigenvalue weighted by molar-refractivity contribution is -0.125. The molecular formula is C11H16N2O3S2. The number of sulfonamides is 1. The molecule has 1 N–H and O–H groups in total. The van der Waals surface area contributed by atoms with Gasteiger partial charge in [-0.2, -0.15) is 4.31 Å². The van der Waals surface area contributed by atoms with Gasteiger partial charge in [0.2, 0.25) is 5.91 Å². The summed E-state index contributed by atoms with van der Waals surface area (Å²) in [6, 6.07) is 3.35. The second-order valence-electron chi connectivity index (χ2n) is 4.22. The molecule has 0 saturated carbocycles.